The van der Waals surface area contributed by atoms with Gasteiger partial charge in [-0.05, 0) is 38.1 Å². The summed E-state index contributed by atoms with van der Waals surface area (Å²) in [7, 11) is 0. The van der Waals surface area contributed by atoms with Crippen LogP contribution < -0.4 is 11.3 Å². The van der Waals surface area contributed by atoms with E-state index < -0.39 is 0 Å². The highest BCUT2D eigenvalue weighted by atomic mass is 32.1. The average molecular weight is 267 g/mol. The average Bonchev–Trinajstić information content (AvgIpc) is 2.80. The Labute approximate surface area is 112 Å². The summed E-state index contributed by atoms with van der Waals surface area (Å²) in [5, 5.41) is 0. The number of carbonyl (C=O) groups excluding carboxylic acids is 1. The van der Waals surface area contributed by atoms with Crippen molar-refractivity contribution in [2.75, 3.05) is 13.1 Å². The molecule has 2 rings (SSSR count). The Kier molecular flexibility index (Phi) is 5.16. The lowest BCUT2D eigenvalue weighted by Crippen LogP contribution is -2.29. The highest BCUT2D eigenvalue weighted by molar-refractivity contribution is 7.14. The molecule has 0 unspecified atom stereocenters. The number of hydrogen-bond acceptors (Lipinski definition) is 4. The molecule has 1 aliphatic rings. The minimum Gasteiger partial charge on any atom is -0.298 e. The fourth-order valence-electron chi connectivity index (χ4n) is 2.35. The van der Waals surface area contributed by atoms with Gasteiger partial charge < -0.3 is 0 Å². The number of amides is 1. The summed E-state index contributed by atoms with van der Waals surface area (Å²) in [6, 6.07) is 3.89. The number of rotatable bonds is 3. The first-order chi connectivity index (χ1) is 8.79. The van der Waals surface area contributed by atoms with Crippen LogP contribution in [0.25, 0.3) is 0 Å². The van der Waals surface area contributed by atoms with Crippen LogP contribution in [0.3, 0.4) is 0 Å². The van der Waals surface area contributed by atoms with E-state index in [4.69, 9.17) is 5.84 Å². The third kappa shape index (κ3) is 3.80. The van der Waals surface area contributed by atoms with Gasteiger partial charge in [0.05, 0.1) is 4.88 Å². The molecule has 0 saturated carbocycles. The first kappa shape index (κ1) is 13.5. The van der Waals surface area contributed by atoms with Crippen molar-refractivity contribution in [2.24, 2.45) is 5.84 Å². The zero-order valence-electron chi connectivity index (χ0n) is 10.7. The molecule has 0 spiro atoms. The molecule has 1 aromatic heterocycles. The Morgan fingerprint density at radius 3 is 2.56 bits per heavy atom. The molecule has 0 bridgehead atoms. The molecular weight excluding hydrogens is 246 g/mol. The third-order valence-corrected chi connectivity index (χ3v) is 4.41. The van der Waals surface area contributed by atoms with E-state index in [9.17, 15) is 4.79 Å². The molecule has 2 heterocycles. The maximum absolute atomic E-state index is 11.4. The van der Waals surface area contributed by atoms with Gasteiger partial charge in [0.2, 0.25) is 0 Å². The lowest BCUT2D eigenvalue weighted by molar-refractivity contribution is 0.0957. The SMILES string of the molecule is NNC(=O)c1ccc(CN2CCCCCCC2)s1. The van der Waals surface area contributed by atoms with Crippen LogP contribution in [0, 0.1) is 0 Å². The van der Waals surface area contributed by atoms with E-state index in [2.05, 4.69) is 10.3 Å². The molecule has 3 N–H and O–H groups in total. The van der Waals surface area contributed by atoms with Crippen molar-refractivity contribution in [3.05, 3.63) is 21.9 Å². The van der Waals surface area contributed by atoms with Crippen LogP contribution in [-0.2, 0) is 6.54 Å². The van der Waals surface area contributed by atoms with Crippen LogP contribution >= 0.6 is 11.3 Å². The molecule has 0 aromatic carbocycles. The normalized spacial score (nSPS) is 18.1. The number of hydrazine groups is 1. The number of nitrogens with two attached hydrogens (primary N) is 1. The monoisotopic (exact) mass is 267 g/mol. The molecule has 0 atom stereocenters. The quantitative estimate of drug-likeness (QED) is 0.501. The Bertz CT molecular complexity index is 383. The smallest absolute Gasteiger partial charge is 0.275 e. The fraction of sp³-hybridized carbons (Fsp3) is 0.615. The number of likely N-dealkylation sites (tertiary alicyclic amines) is 1. The Hall–Kier alpha value is -0.910. The predicted octanol–water partition coefficient (Wildman–Crippen LogP) is 2.12. The molecule has 1 fully saturated rings. The molecule has 0 radical (unpaired) electrons. The molecule has 4 nitrogen and oxygen atoms in total. The summed E-state index contributed by atoms with van der Waals surface area (Å²) in [6.45, 7) is 3.31. The van der Waals surface area contributed by atoms with Crippen molar-refractivity contribution in [1.82, 2.24) is 10.3 Å². The van der Waals surface area contributed by atoms with Crippen molar-refractivity contribution in [3.8, 4) is 0 Å². The van der Waals surface area contributed by atoms with Gasteiger partial charge in [-0.25, -0.2) is 5.84 Å². The standard InChI is InChI=1S/C13H21N3OS/c14-15-13(17)12-7-6-11(18-12)10-16-8-4-2-1-3-5-9-16/h6-7H,1-5,8-10,14H2,(H,15,17). The van der Waals surface area contributed by atoms with Crippen LogP contribution in [0.1, 0.15) is 46.7 Å². The van der Waals surface area contributed by atoms with Gasteiger partial charge >= 0.3 is 0 Å². The Morgan fingerprint density at radius 2 is 1.89 bits per heavy atom. The van der Waals surface area contributed by atoms with E-state index in [0.717, 1.165) is 6.54 Å². The van der Waals surface area contributed by atoms with Gasteiger partial charge in [0.1, 0.15) is 0 Å². The summed E-state index contributed by atoms with van der Waals surface area (Å²) in [6.07, 6.45) is 6.67. The van der Waals surface area contributed by atoms with E-state index >= 15 is 0 Å². The Morgan fingerprint density at radius 1 is 1.22 bits per heavy atom. The first-order valence-electron chi connectivity index (χ1n) is 6.61. The highest BCUT2D eigenvalue weighted by Gasteiger charge is 2.12. The summed E-state index contributed by atoms with van der Waals surface area (Å²) in [4.78, 5) is 15.8. The Balaban J connectivity index is 1.91. The first-order valence-corrected chi connectivity index (χ1v) is 7.43. The molecule has 5 heteroatoms. The lowest BCUT2D eigenvalue weighted by atomic mass is 10.1. The largest absolute Gasteiger partial charge is 0.298 e. The molecule has 1 amide bonds. The summed E-state index contributed by atoms with van der Waals surface area (Å²) in [5.41, 5.74) is 2.17. The van der Waals surface area contributed by atoms with E-state index in [1.807, 2.05) is 12.1 Å². The van der Waals surface area contributed by atoms with Gasteiger partial charge in [0.15, 0.2) is 0 Å². The van der Waals surface area contributed by atoms with Gasteiger partial charge in [-0.2, -0.15) is 0 Å². The molecule has 0 aliphatic carbocycles. The van der Waals surface area contributed by atoms with E-state index in [0.29, 0.717) is 4.88 Å². The lowest BCUT2D eigenvalue weighted by Gasteiger charge is -2.23. The van der Waals surface area contributed by atoms with Gasteiger partial charge in [0, 0.05) is 11.4 Å². The van der Waals surface area contributed by atoms with Gasteiger partial charge in [-0.3, -0.25) is 15.1 Å². The van der Waals surface area contributed by atoms with E-state index in [-0.39, 0.29) is 5.91 Å². The minimum absolute atomic E-state index is 0.195. The number of thiophene rings is 1. The number of nitrogen functional groups attached to an aromatic ring is 1. The molecule has 18 heavy (non-hydrogen) atoms. The molecule has 100 valence electrons. The second kappa shape index (κ2) is 6.87. The van der Waals surface area contributed by atoms with Crippen LogP contribution in [0.5, 0.6) is 0 Å². The van der Waals surface area contributed by atoms with Gasteiger partial charge in [0.25, 0.3) is 5.91 Å². The minimum atomic E-state index is -0.195. The zero-order valence-corrected chi connectivity index (χ0v) is 11.5. The van der Waals surface area contributed by atoms with Gasteiger partial charge in [-0.15, -0.1) is 11.3 Å². The van der Waals surface area contributed by atoms with Crippen molar-refractivity contribution >= 4 is 17.2 Å². The second-order valence-electron chi connectivity index (χ2n) is 4.78. The second-order valence-corrected chi connectivity index (χ2v) is 5.95. The topological polar surface area (TPSA) is 58.4 Å². The molecule has 1 aliphatic heterocycles. The zero-order chi connectivity index (χ0) is 12.8. The van der Waals surface area contributed by atoms with Gasteiger partial charge in [-0.1, -0.05) is 19.3 Å². The number of hydrogen-bond donors (Lipinski definition) is 2. The summed E-state index contributed by atoms with van der Waals surface area (Å²) >= 11 is 1.54. The number of nitrogens with zero attached hydrogens (tertiary/aromatic N) is 1. The maximum atomic E-state index is 11.4. The number of nitrogens with one attached hydrogen (secondary N) is 1. The molecule has 1 saturated heterocycles. The molecular formula is C13H21N3OS. The van der Waals surface area contributed by atoms with E-state index in [1.54, 1.807) is 0 Å². The third-order valence-electron chi connectivity index (χ3n) is 3.34. The fourth-order valence-corrected chi connectivity index (χ4v) is 3.30. The van der Waals surface area contributed by atoms with E-state index in [1.165, 1.54) is 61.4 Å². The van der Waals surface area contributed by atoms with Crippen molar-refractivity contribution in [3.63, 3.8) is 0 Å². The van der Waals surface area contributed by atoms with Crippen LogP contribution in [0.2, 0.25) is 0 Å². The van der Waals surface area contributed by atoms with Crippen LogP contribution in [-0.4, -0.2) is 23.9 Å². The maximum Gasteiger partial charge on any atom is 0.275 e. The predicted molar refractivity (Wildman–Crippen MR) is 74.3 cm³/mol. The van der Waals surface area contributed by atoms with Crippen LogP contribution in [0.4, 0.5) is 0 Å². The summed E-state index contributed by atoms with van der Waals surface area (Å²) in [5.74, 6) is 4.94. The molecule has 1 aromatic rings. The van der Waals surface area contributed by atoms with Crippen molar-refractivity contribution < 1.29 is 4.79 Å². The van der Waals surface area contributed by atoms with Crippen LogP contribution in [0.15, 0.2) is 12.1 Å². The van der Waals surface area contributed by atoms with Crippen molar-refractivity contribution in [2.45, 2.75) is 38.6 Å². The van der Waals surface area contributed by atoms with Crippen molar-refractivity contribution in [1.29, 1.82) is 0 Å². The highest BCUT2D eigenvalue weighted by Crippen LogP contribution is 2.20. The summed E-state index contributed by atoms with van der Waals surface area (Å²) < 4.78 is 0. The number of carbonyl (C=O) groups is 1.